The number of nitrogens with one attached hydrogen (secondary N) is 1. The van der Waals surface area contributed by atoms with Gasteiger partial charge in [0.1, 0.15) is 5.60 Å². The number of carbonyl (C=O) groups excluding carboxylic acids is 1. The fraction of sp³-hybridized carbons (Fsp3) is 0.938. The predicted molar refractivity (Wildman–Crippen MR) is 82.9 cm³/mol. The molecular weight excluding hydrogens is 252 g/mol. The highest BCUT2D eigenvalue weighted by molar-refractivity contribution is 5.68. The molecule has 1 heterocycles. The van der Waals surface area contributed by atoms with Gasteiger partial charge in [-0.05, 0) is 59.4 Å². The average molecular weight is 284 g/mol. The summed E-state index contributed by atoms with van der Waals surface area (Å²) in [6.45, 7) is 12.9. The standard InChI is InChI=1S/C16H32N2O2/c1-6-7-13(2)17-10-8-14-9-11-18(12-14)15(19)20-16(3,4)5/h13-14,17H,6-12H2,1-5H3. The van der Waals surface area contributed by atoms with Crippen LogP contribution in [0.3, 0.4) is 0 Å². The zero-order valence-corrected chi connectivity index (χ0v) is 13.9. The Bertz CT molecular complexity index is 299. The molecule has 20 heavy (non-hydrogen) atoms. The van der Waals surface area contributed by atoms with E-state index in [9.17, 15) is 4.79 Å². The molecule has 1 rings (SSSR count). The highest BCUT2D eigenvalue weighted by Crippen LogP contribution is 2.21. The number of ether oxygens (including phenoxy) is 1. The van der Waals surface area contributed by atoms with Crippen LogP contribution in [0, 0.1) is 5.92 Å². The summed E-state index contributed by atoms with van der Waals surface area (Å²) in [5.41, 5.74) is -0.397. The normalized spacial score (nSPS) is 21.1. The van der Waals surface area contributed by atoms with Gasteiger partial charge in [0.2, 0.25) is 0 Å². The number of hydrogen-bond donors (Lipinski definition) is 1. The molecule has 0 bridgehead atoms. The molecule has 4 nitrogen and oxygen atoms in total. The Hall–Kier alpha value is -0.770. The maximum atomic E-state index is 12.0. The van der Waals surface area contributed by atoms with Gasteiger partial charge in [-0.15, -0.1) is 0 Å². The highest BCUT2D eigenvalue weighted by atomic mass is 16.6. The van der Waals surface area contributed by atoms with Crippen LogP contribution in [-0.2, 0) is 4.74 Å². The van der Waals surface area contributed by atoms with Crippen molar-refractivity contribution in [1.29, 1.82) is 0 Å². The molecule has 1 aliphatic rings. The minimum Gasteiger partial charge on any atom is -0.444 e. The summed E-state index contributed by atoms with van der Waals surface area (Å²) < 4.78 is 5.42. The maximum absolute atomic E-state index is 12.0. The van der Waals surface area contributed by atoms with Gasteiger partial charge in [-0.1, -0.05) is 13.3 Å². The lowest BCUT2D eigenvalue weighted by atomic mass is 10.0. The van der Waals surface area contributed by atoms with E-state index in [4.69, 9.17) is 4.74 Å². The van der Waals surface area contributed by atoms with Gasteiger partial charge in [0.15, 0.2) is 0 Å². The maximum Gasteiger partial charge on any atom is 0.410 e. The first-order valence-electron chi connectivity index (χ1n) is 8.03. The second-order valence-electron chi connectivity index (χ2n) is 7.01. The zero-order chi connectivity index (χ0) is 15.2. The van der Waals surface area contributed by atoms with Crippen molar-refractivity contribution >= 4 is 6.09 Å². The van der Waals surface area contributed by atoms with Crippen LogP contribution in [0.4, 0.5) is 4.79 Å². The van der Waals surface area contributed by atoms with Gasteiger partial charge >= 0.3 is 6.09 Å². The van der Waals surface area contributed by atoms with Crippen molar-refractivity contribution in [2.45, 2.75) is 71.9 Å². The summed E-state index contributed by atoms with van der Waals surface area (Å²) >= 11 is 0. The summed E-state index contributed by atoms with van der Waals surface area (Å²) in [7, 11) is 0. The average Bonchev–Trinajstić information content (AvgIpc) is 2.76. The van der Waals surface area contributed by atoms with Crippen LogP contribution in [0.5, 0.6) is 0 Å². The molecule has 2 unspecified atom stereocenters. The van der Waals surface area contributed by atoms with Crippen molar-refractivity contribution in [2.75, 3.05) is 19.6 Å². The van der Waals surface area contributed by atoms with Gasteiger partial charge in [-0.2, -0.15) is 0 Å². The lowest BCUT2D eigenvalue weighted by Gasteiger charge is -2.24. The number of nitrogens with zero attached hydrogens (tertiary/aromatic N) is 1. The van der Waals surface area contributed by atoms with E-state index in [1.165, 1.54) is 12.8 Å². The minimum absolute atomic E-state index is 0.160. The van der Waals surface area contributed by atoms with Gasteiger partial charge in [-0.25, -0.2) is 4.79 Å². The van der Waals surface area contributed by atoms with Crippen molar-refractivity contribution < 1.29 is 9.53 Å². The van der Waals surface area contributed by atoms with Crippen LogP contribution in [-0.4, -0.2) is 42.3 Å². The molecule has 0 aromatic rings. The van der Waals surface area contributed by atoms with Crippen LogP contribution in [0.1, 0.15) is 60.3 Å². The topological polar surface area (TPSA) is 41.6 Å². The largest absolute Gasteiger partial charge is 0.444 e. The number of amides is 1. The van der Waals surface area contributed by atoms with Crippen molar-refractivity contribution in [2.24, 2.45) is 5.92 Å². The first-order chi connectivity index (χ1) is 9.31. The Labute approximate surface area is 124 Å². The Morgan fingerprint density at radius 2 is 2.15 bits per heavy atom. The van der Waals surface area contributed by atoms with E-state index in [-0.39, 0.29) is 6.09 Å². The molecule has 1 aliphatic heterocycles. The Kier molecular flexibility index (Phi) is 6.80. The van der Waals surface area contributed by atoms with E-state index in [0.717, 1.165) is 32.5 Å². The van der Waals surface area contributed by atoms with E-state index in [0.29, 0.717) is 12.0 Å². The number of rotatable bonds is 6. The highest BCUT2D eigenvalue weighted by Gasteiger charge is 2.29. The van der Waals surface area contributed by atoms with Crippen LogP contribution < -0.4 is 5.32 Å². The second-order valence-corrected chi connectivity index (χ2v) is 7.01. The third kappa shape index (κ3) is 6.60. The molecule has 4 heteroatoms. The number of carbonyl (C=O) groups is 1. The first kappa shape index (κ1) is 17.3. The molecule has 0 aromatic heterocycles. The Morgan fingerprint density at radius 3 is 2.75 bits per heavy atom. The van der Waals surface area contributed by atoms with Crippen molar-refractivity contribution in [3.63, 3.8) is 0 Å². The third-order valence-corrected chi connectivity index (χ3v) is 3.70. The zero-order valence-electron chi connectivity index (χ0n) is 13.9. The van der Waals surface area contributed by atoms with Gasteiger partial charge < -0.3 is 15.0 Å². The van der Waals surface area contributed by atoms with Crippen LogP contribution in [0.25, 0.3) is 0 Å². The van der Waals surface area contributed by atoms with E-state index in [2.05, 4.69) is 19.2 Å². The summed E-state index contributed by atoms with van der Waals surface area (Å²) in [6.07, 6.45) is 4.54. The quantitative estimate of drug-likeness (QED) is 0.812. The summed E-state index contributed by atoms with van der Waals surface area (Å²) in [5.74, 6) is 0.615. The molecule has 0 radical (unpaired) electrons. The first-order valence-corrected chi connectivity index (χ1v) is 8.03. The van der Waals surface area contributed by atoms with E-state index in [1.54, 1.807) is 0 Å². The van der Waals surface area contributed by atoms with Gasteiger partial charge in [0.25, 0.3) is 0 Å². The van der Waals surface area contributed by atoms with Crippen LogP contribution in [0.2, 0.25) is 0 Å². The molecule has 1 fully saturated rings. The summed E-state index contributed by atoms with van der Waals surface area (Å²) in [5, 5.41) is 3.56. The molecule has 0 aliphatic carbocycles. The van der Waals surface area contributed by atoms with Crippen molar-refractivity contribution in [1.82, 2.24) is 10.2 Å². The molecule has 0 spiro atoms. The molecule has 0 saturated carbocycles. The van der Waals surface area contributed by atoms with Crippen LogP contribution >= 0.6 is 0 Å². The fourth-order valence-corrected chi connectivity index (χ4v) is 2.63. The summed E-state index contributed by atoms with van der Waals surface area (Å²) in [4.78, 5) is 13.8. The van der Waals surface area contributed by atoms with Gasteiger partial charge in [0, 0.05) is 19.1 Å². The number of likely N-dealkylation sites (tertiary alicyclic amines) is 1. The molecular formula is C16H32N2O2. The lowest BCUT2D eigenvalue weighted by molar-refractivity contribution is 0.0287. The second kappa shape index (κ2) is 7.87. The van der Waals surface area contributed by atoms with E-state index < -0.39 is 5.60 Å². The summed E-state index contributed by atoms with van der Waals surface area (Å²) in [6, 6.07) is 0.600. The predicted octanol–water partition coefficient (Wildman–Crippen LogP) is 3.41. The van der Waals surface area contributed by atoms with Gasteiger partial charge in [-0.3, -0.25) is 0 Å². The minimum atomic E-state index is -0.397. The Balaban J connectivity index is 2.21. The van der Waals surface area contributed by atoms with Crippen molar-refractivity contribution in [3.05, 3.63) is 0 Å². The molecule has 1 N–H and O–H groups in total. The fourth-order valence-electron chi connectivity index (χ4n) is 2.63. The third-order valence-electron chi connectivity index (χ3n) is 3.70. The Morgan fingerprint density at radius 1 is 1.45 bits per heavy atom. The molecule has 1 amide bonds. The number of hydrogen-bond acceptors (Lipinski definition) is 3. The van der Waals surface area contributed by atoms with Crippen molar-refractivity contribution in [3.8, 4) is 0 Å². The molecule has 118 valence electrons. The molecule has 0 aromatic carbocycles. The van der Waals surface area contributed by atoms with E-state index >= 15 is 0 Å². The van der Waals surface area contributed by atoms with Gasteiger partial charge in [0.05, 0.1) is 0 Å². The molecule has 2 atom stereocenters. The van der Waals surface area contributed by atoms with E-state index in [1.807, 2.05) is 25.7 Å². The SMILES string of the molecule is CCCC(C)NCCC1CCN(C(=O)OC(C)(C)C)C1. The van der Waals surface area contributed by atoms with Crippen LogP contribution in [0.15, 0.2) is 0 Å². The molecule has 1 saturated heterocycles. The smallest absolute Gasteiger partial charge is 0.410 e. The monoisotopic (exact) mass is 284 g/mol. The lowest BCUT2D eigenvalue weighted by Crippen LogP contribution is -2.35.